The Morgan fingerprint density at radius 1 is 1.60 bits per heavy atom. The Labute approximate surface area is 91.6 Å². The molecule has 1 aliphatic rings. The van der Waals surface area contributed by atoms with Crippen molar-refractivity contribution in [2.45, 2.75) is 44.8 Å². The van der Waals surface area contributed by atoms with Crippen LogP contribution < -0.4 is 5.32 Å². The van der Waals surface area contributed by atoms with Gasteiger partial charge < -0.3 is 10.4 Å². The summed E-state index contributed by atoms with van der Waals surface area (Å²) >= 11 is 0. The van der Waals surface area contributed by atoms with E-state index in [0.29, 0.717) is 6.54 Å². The van der Waals surface area contributed by atoms with E-state index in [1.807, 2.05) is 6.92 Å². The molecule has 0 aliphatic carbocycles. The monoisotopic (exact) mass is 214 g/mol. The van der Waals surface area contributed by atoms with Crippen LogP contribution in [0.25, 0.3) is 0 Å². The van der Waals surface area contributed by atoms with Gasteiger partial charge in [-0.05, 0) is 25.8 Å². The molecule has 0 bridgehead atoms. The van der Waals surface area contributed by atoms with E-state index >= 15 is 0 Å². The fourth-order valence-electron chi connectivity index (χ4n) is 2.18. The van der Waals surface area contributed by atoms with Crippen LogP contribution in [0.2, 0.25) is 0 Å². The number of likely N-dealkylation sites (tertiary alicyclic amines) is 1. The zero-order valence-electron chi connectivity index (χ0n) is 9.70. The number of hydrogen-bond acceptors (Lipinski definition) is 3. The van der Waals surface area contributed by atoms with Crippen molar-refractivity contribution in [2.24, 2.45) is 0 Å². The van der Waals surface area contributed by atoms with Crippen LogP contribution >= 0.6 is 0 Å². The van der Waals surface area contributed by atoms with Crippen molar-refractivity contribution in [2.75, 3.05) is 20.1 Å². The highest BCUT2D eigenvalue weighted by Gasteiger charge is 2.28. The third kappa shape index (κ3) is 3.47. The average Bonchev–Trinajstić information content (AvgIpc) is 2.28. The molecule has 4 nitrogen and oxygen atoms in total. The Kier molecular flexibility index (Phi) is 5.05. The third-order valence-corrected chi connectivity index (χ3v) is 3.15. The molecular weight excluding hydrogens is 192 g/mol. The normalized spacial score (nSPS) is 24.9. The summed E-state index contributed by atoms with van der Waals surface area (Å²) in [5.74, 6) is 0.0326. The Morgan fingerprint density at radius 3 is 2.93 bits per heavy atom. The zero-order chi connectivity index (χ0) is 11.3. The predicted molar refractivity (Wildman–Crippen MR) is 59.6 cm³/mol. The molecule has 0 aromatic carbocycles. The molecule has 0 spiro atoms. The van der Waals surface area contributed by atoms with Gasteiger partial charge in [0.15, 0.2) is 0 Å². The lowest BCUT2D eigenvalue weighted by atomic mass is 9.96. The van der Waals surface area contributed by atoms with Crippen molar-refractivity contribution in [3.63, 3.8) is 0 Å². The van der Waals surface area contributed by atoms with Crippen molar-refractivity contribution in [1.29, 1.82) is 0 Å². The van der Waals surface area contributed by atoms with Gasteiger partial charge in [0.25, 0.3) is 0 Å². The summed E-state index contributed by atoms with van der Waals surface area (Å²) in [6.45, 7) is 3.32. The second-order valence-corrected chi connectivity index (χ2v) is 4.18. The maximum Gasteiger partial charge on any atom is 0.233 e. The number of carbonyl (C=O) groups excluding carboxylic acids is 1. The van der Waals surface area contributed by atoms with E-state index in [2.05, 4.69) is 10.2 Å². The Morgan fingerprint density at radius 2 is 2.33 bits per heavy atom. The SMILES string of the molecule is CCC(O)C1CCCCN1CC(=O)NC. The van der Waals surface area contributed by atoms with E-state index in [1.54, 1.807) is 7.05 Å². The van der Waals surface area contributed by atoms with Crippen LogP contribution in [-0.4, -0.2) is 48.2 Å². The lowest BCUT2D eigenvalue weighted by Gasteiger charge is -2.37. The minimum atomic E-state index is -0.296. The van der Waals surface area contributed by atoms with Crippen LogP contribution in [0.4, 0.5) is 0 Å². The first-order valence-electron chi connectivity index (χ1n) is 5.81. The van der Waals surface area contributed by atoms with Crippen molar-refractivity contribution in [3.8, 4) is 0 Å². The molecular formula is C11H22N2O2. The number of piperidine rings is 1. The van der Waals surface area contributed by atoms with Gasteiger partial charge in [0.1, 0.15) is 0 Å². The summed E-state index contributed by atoms with van der Waals surface area (Å²) < 4.78 is 0. The van der Waals surface area contributed by atoms with Crippen molar-refractivity contribution in [3.05, 3.63) is 0 Å². The average molecular weight is 214 g/mol. The number of aliphatic hydroxyl groups excluding tert-OH is 1. The Balaban J connectivity index is 2.53. The highest BCUT2D eigenvalue weighted by molar-refractivity contribution is 5.77. The topological polar surface area (TPSA) is 52.6 Å². The number of rotatable bonds is 4. The zero-order valence-corrected chi connectivity index (χ0v) is 9.70. The van der Waals surface area contributed by atoms with Gasteiger partial charge in [0.05, 0.1) is 12.6 Å². The van der Waals surface area contributed by atoms with Crippen molar-refractivity contribution in [1.82, 2.24) is 10.2 Å². The maximum absolute atomic E-state index is 11.3. The molecule has 1 amide bonds. The number of nitrogens with zero attached hydrogens (tertiary/aromatic N) is 1. The van der Waals surface area contributed by atoms with E-state index in [-0.39, 0.29) is 18.1 Å². The molecule has 0 aromatic heterocycles. The van der Waals surface area contributed by atoms with E-state index in [9.17, 15) is 9.90 Å². The Bertz CT molecular complexity index is 209. The predicted octanol–water partition coefficient (Wildman–Crippen LogP) is 0.358. The molecule has 2 atom stereocenters. The van der Waals surface area contributed by atoms with Crippen LogP contribution in [0.3, 0.4) is 0 Å². The van der Waals surface area contributed by atoms with Gasteiger partial charge in [-0.15, -0.1) is 0 Å². The molecule has 0 saturated carbocycles. The van der Waals surface area contributed by atoms with E-state index in [4.69, 9.17) is 0 Å². The molecule has 1 saturated heterocycles. The highest BCUT2D eigenvalue weighted by atomic mass is 16.3. The molecule has 1 heterocycles. The fourth-order valence-corrected chi connectivity index (χ4v) is 2.18. The first kappa shape index (κ1) is 12.5. The van der Waals surface area contributed by atoms with Crippen LogP contribution in [-0.2, 0) is 4.79 Å². The molecule has 15 heavy (non-hydrogen) atoms. The van der Waals surface area contributed by atoms with Crippen LogP contribution in [0.15, 0.2) is 0 Å². The second-order valence-electron chi connectivity index (χ2n) is 4.18. The molecule has 1 aliphatic heterocycles. The quantitative estimate of drug-likeness (QED) is 0.710. The summed E-state index contributed by atoms with van der Waals surface area (Å²) in [6, 6.07) is 0.168. The van der Waals surface area contributed by atoms with E-state index in [1.165, 1.54) is 0 Å². The lowest BCUT2D eigenvalue weighted by Crippen LogP contribution is -2.50. The minimum absolute atomic E-state index is 0.0326. The van der Waals surface area contributed by atoms with Crippen molar-refractivity contribution >= 4 is 5.91 Å². The molecule has 4 heteroatoms. The molecule has 2 N–H and O–H groups in total. The number of amides is 1. The molecule has 0 radical (unpaired) electrons. The summed E-state index contributed by atoms with van der Waals surface area (Å²) in [5.41, 5.74) is 0. The minimum Gasteiger partial charge on any atom is -0.392 e. The smallest absolute Gasteiger partial charge is 0.233 e. The van der Waals surface area contributed by atoms with Gasteiger partial charge in [-0.3, -0.25) is 9.69 Å². The molecule has 1 fully saturated rings. The first-order chi connectivity index (χ1) is 7.19. The number of hydrogen-bond donors (Lipinski definition) is 2. The number of carbonyl (C=O) groups is 1. The summed E-state index contributed by atoms with van der Waals surface area (Å²) in [5, 5.41) is 12.5. The van der Waals surface area contributed by atoms with Crippen LogP contribution in [0.5, 0.6) is 0 Å². The third-order valence-electron chi connectivity index (χ3n) is 3.15. The van der Waals surface area contributed by atoms with Gasteiger partial charge in [-0.1, -0.05) is 13.3 Å². The molecule has 2 unspecified atom stereocenters. The van der Waals surface area contributed by atoms with Gasteiger partial charge in [-0.25, -0.2) is 0 Å². The standard InChI is InChI=1S/C11H22N2O2/c1-3-10(14)9-6-4-5-7-13(9)8-11(15)12-2/h9-10,14H,3-8H2,1-2H3,(H,12,15). The summed E-state index contributed by atoms with van der Waals surface area (Å²) in [7, 11) is 1.65. The maximum atomic E-state index is 11.3. The largest absolute Gasteiger partial charge is 0.392 e. The Hall–Kier alpha value is -0.610. The van der Waals surface area contributed by atoms with Crippen molar-refractivity contribution < 1.29 is 9.90 Å². The summed E-state index contributed by atoms with van der Waals surface area (Å²) in [4.78, 5) is 13.4. The van der Waals surface area contributed by atoms with Gasteiger partial charge >= 0.3 is 0 Å². The molecule has 1 rings (SSSR count). The number of aliphatic hydroxyl groups is 1. The van der Waals surface area contributed by atoms with Crippen LogP contribution in [0.1, 0.15) is 32.6 Å². The lowest BCUT2D eigenvalue weighted by molar-refractivity contribution is -0.123. The van der Waals surface area contributed by atoms with Gasteiger partial charge in [0, 0.05) is 13.1 Å². The van der Waals surface area contributed by atoms with E-state index in [0.717, 1.165) is 32.2 Å². The first-order valence-corrected chi connectivity index (χ1v) is 5.81. The number of nitrogens with one attached hydrogen (secondary N) is 1. The summed E-state index contributed by atoms with van der Waals surface area (Å²) in [6.07, 6.45) is 3.76. The van der Waals surface area contributed by atoms with Gasteiger partial charge in [-0.2, -0.15) is 0 Å². The molecule has 88 valence electrons. The number of likely N-dealkylation sites (N-methyl/N-ethyl adjacent to an activating group) is 1. The molecule has 0 aromatic rings. The van der Waals surface area contributed by atoms with Crippen LogP contribution in [0, 0.1) is 0 Å². The second kappa shape index (κ2) is 6.08. The van der Waals surface area contributed by atoms with Gasteiger partial charge in [0.2, 0.25) is 5.91 Å². The highest BCUT2D eigenvalue weighted by Crippen LogP contribution is 2.20. The van der Waals surface area contributed by atoms with E-state index < -0.39 is 0 Å². The fraction of sp³-hybridized carbons (Fsp3) is 0.909.